The Labute approximate surface area is 300 Å². The summed E-state index contributed by atoms with van der Waals surface area (Å²) in [5.41, 5.74) is 5.31. The molecule has 0 saturated carbocycles. The Morgan fingerprint density at radius 2 is 1.79 bits per heavy atom. The van der Waals surface area contributed by atoms with E-state index < -0.39 is 0 Å². The molecular weight excluding hydrogens is 660 g/mol. The van der Waals surface area contributed by atoms with Gasteiger partial charge in [0, 0.05) is 71.2 Å². The highest BCUT2D eigenvalue weighted by Crippen LogP contribution is 2.33. The molecule has 0 aliphatic carbocycles. The molecule has 15 nitrogen and oxygen atoms in total. The molecule has 0 spiro atoms. The maximum absolute atomic E-state index is 12.3. The van der Waals surface area contributed by atoms with E-state index in [0.717, 1.165) is 98.2 Å². The molecule has 3 fully saturated rings. The van der Waals surface area contributed by atoms with Crippen LogP contribution in [0.25, 0.3) is 28.4 Å². The minimum absolute atomic E-state index is 0.202. The Bertz CT molecular complexity index is 2120. The lowest BCUT2D eigenvalue weighted by Gasteiger charge is -2.38. The fraction of sp³-hybridized carbons (Fsp3) is 0.405. The molecule has 8 heterocycles. The van der Waals surface area contributed by atoms with Gasteiger partial charge in [-0.05, 0) is 68.0 Å². The number of amides is 2. The zero-order valence-electron chi connectivity index (χ0n) is 29.0. The highest BCUT2D eigenvalue weighted by Gasteiger charge is 2.30. The number of pyridine rings is 2. The quantitative estimate of drug-likeness (QED) is 0.213. The summed E-state index contributed by atoms with van der Waals surface area (Å²) in [7, 11) is 0. The van der Waals surface area contributed by atoms with Gasteiger partial charge in [-0.2, -0.15) is 10.4 Å². The molecule has 2 N–H and O–H groups in total. The minimum atomic E-state index is -0.309. The van der Waals surface area contributed by atoms with Crippen LogP contribution in [0.3, 0.4) is 0 Å². The highest BCUT2D eigenvalue weighted by atomic mass is 16.4. The molecule has 8 rings (SSSR count). The van der Waals surface area contributed by atoms with Gasteiger partial charge in [0.2, 0.25) is 11.8 Å². The summed E-state index contributed by atoms with van der Waals surface area (Å²) in [6.45, 7) is 9.17. The fourth-order valence-electron chi connectivity index (χ4n) is 7.44. The predicted octanol–water partition coefficient (Wildman–Crippen LogP) is 3.70. The number of nitriles is 1. The number of nitrogens with zero attached hydrogens (tertiary/aromatic N) is 10. The number of hydrogen-bond donors (Lipinski definition) is 2. The molecule has 52 heavy (non-hydrogen) atoms. The van der Waals surface area contributed by atoms with Gasteiger partial charge in [-0.1, -0.05) is 11.2 Å². The molecule has 1 unspecified atom stereocenters. The van der Waals surface area contributed by atoms with Crippen molar-refractivity contribution in [3.05, 3.63) is 66.1 Å². The number of aromatic nitrogens is 6. The second-order valence-electron chi connectivity index (χ2n) is 13.6. The maximum Gasteiger partial charge on any atom is 0.318 e. The summed E-state index contributed by atoms with van der Waals surface area (Å²) in [5.74, 6) is 1.23. The number of anilines is 3. The Morgan fingerprint density at radius 3 is 2.54 bits per heavy atom. The average Bonchev–Trinajstić information content (AvgIpc) is 3.84. The van der Waals surface area contributed by atoms with Gasteiger partial charge in [-0.15, -0.1) is 5.10 Å². The van der Waals surface area contributed by atoms with Gasteiger partial charge in [0.15, 0.2) is 0 Å². The van der Waals surface area contributed by atoms with Crippen molar-refractivity contribution in [3.8, 4) is 28.9 Å². The Kier molecular flexibility index (Phi) is 9.21. The SMILES string of the molecule is CCNc1cc(-c2ccc3cc(C#N)cnn23)ncc1-c1nnc(N2CCN(CC3CCN(c4ccc(C5CCC(=O)NC5=O)cn4)CC3)CC2)o1. The summed E-state index contributed by atoms with van der Waals surface area (Å²) in [6, 6.07) is 14.3. The van der Waals surface area contributed by atoms with E-state index in [9.17, 15) is 14.9 Å². The van der Waals surface area contributed by atoms with Crippen molar-refractivity contribution in [2.45, 2.75) is 38.5 Å². The van der Waals surface area contributed by atoms with Gasteiger partial charge in [0.1, 0.15) is 11.9 Å². The summed E-state index contributed by atoms with van der Waals surface area (Å²) in [4.78, 5) is 40.2. The number of imide groups is 1. The van der Waals surface area contributed by atoms with Crippen LogP contribution >= 0.6 is 0 Å². The third-order valence-electron chi connectivity index (χ3n) is 10.3. The maximum atomic E-state index is 12.3. The monoisotopic (exact) mass is 700 g/mol. The molecule has 5 aromatic rings. The second kappa shape index (κ2) is 14.4. The van der Waals surface area contributed by atoms with Crippen molar-refractivity contribution in [1.29, 1.82) is 5.26 Å². The van der Waals surface area contributed by atoms with E-state index in [-0.39, 0.29) is 17.7 Å². The molecule has 2 amide bonds. The van der Waals surface area contributed by atoms with E-state index in [1.54, 1.807) is 29.2 Å². The van der Waals surface area contributed by atoms with E-state index in [0.29, 0.717) is 42.8 Å². The van der Waals surface area contributed by atoms with E-state index in [2.05, 4.69) is 51.7 Å². The molecule has 0 aromatic carbocycles. The summed E-state index contributed by atoms with van der Waals surface area (Å²) >= 11 is 0. The number of piperazine rings is 1. The smallest absolute Gasteiger partial charge is 0.318 e. The first-order valence-electron chi connectivity index (χ1n) is 17.9. The van der Waals surface area contributed by atoms with Crippen LogP contribution in [0.4, 0.5) is 17.5 Å². The number of carbonyl (C=O) groups excluding carboxylic acids is 2. The van der Waals surface area contributed by atoms with Crippen molar-refractivity contribution in [2.75, 3.05) is 67.5 Å². The van der Waals surface area contributed by atoms with Crippen LogP contribution < -0.4 is 20.4 Å². The highest BCUT2D eigenvalue weighted by molar-refractivity contribution is 6.00. The lowest BCUT2D eigenvalue weighted by atomic mass is 9.91. The number of carbonyl (C=O) groups is 2. The Balaban J connectivity index is 0.843. The average molecular weight is 701 g/mol. The molecule has 5 aromatic heterocycles. The molecule has 1 atom stereocenters. The topological polar surface area (TPSA) is 174 Å². The van der Waals surface area contributed by atoms with Crippen molar-refractivity contribution >= 4 is 34.9 Å². The first-order chi connectivity index (χ1) is 25.4. The van der Waals surface area contributed by atoms with Crippen molar-refractivity contribution in [2.24, 2.45) is 5.92 Å². The van der Waals surface area contributed by atoms with Crippen LogP contribution in [-0.2, 0) is 9.59 Å². The van der Waals surface area contributed by atoms with Gasteiger partial charge in [0.25, 0.3) is 5.89 Å². The van der Waals surface area contributed by atoms with Crippen LogP contribution in [0, 0.1) is 17.2 Å². The Morgan fingerprint density at radius 1 is 0.942 bits per heavy atom. The van der Waals surface area contributed by atoms with Crippen molar-refractivity contribution in [3.63, 3.8) is 0 Å². The number of fused-ring (bicyclic) bond motifs is 1. The van der Waals surface area contributed by atoms with E-state index in [1.807, 2.05) is 37.3 Å². The first kappa shape index (κ1) is 33.3. The molecular formula is C37H40N12O3. The number of nitrogens with one attached hydrogen (secondary N) is 2. The van der Waals surface area contributed by atoms with Crippen LogP contribution in [0.1, 0.15) is 49.7 Å². The van der Waals surface area contributed by atoms with Gasteiger partial charge >= 0.3 is 6.01 Å². The summed E-state index contributed by atoms with van der Waals surface area (Å²) in [6.07, 6.45) is 8.19. The summed E-state index contributed by atoms with van der Waals surface area (Å²) in [5, 5.41) is 28.3. The van der Waals surface area contributed by atoms with Crippen molar-refractivity contribution < 1.29 is 14.0 Å². The Hall–Kier alpha value is -5.88. The standard InChI is InChI=1S/C37H40N12O3/c1-2-39-30-18-31(32-6-4-27-17-25(19-38)20-42-49(27)32)40-22-29(30)36-44-45-37(52-36)48-15-13-46(14-16-48)23-24-9-11-47(12-10-24)33-7-3-26(21-41-33)28-5-8-34(50)43-35(28)51/h3-4,6-7,17-18,20-22,24,28H,2,5,8-16,23H2,1H3,(H,39,40)(H,43,50,51). The van der Waals surface area contributed by atoms with Crippen molar-refractivity contribution in [1.82, 2.24) is 40.0 Å². The lowest BCUT2D eigenvalue weighted by Crippen LogP contribution is -2.49. The number of hydrogen-bond acceptors (Lipinski definition) is 13. The first-order valence-corrected chi connectivity index (χ1v) is 17.9. The van der Waals surface area contributed by atoms with Crippen LogP contribution in [0.15, 0.2) is 59.4 Å². The molecule has 3 saturated heterocycles. The van der Waals surface area contributed by atoms with Gasteiger partial charge in [-0.25, -0.2) is 9.50 Å². The van der Waals surface area contributed by atoms with E-state index in [4.69, 9.17) is 9.40 Å². The van der Waals surface area contributed by atoms with Gasteiger partial charge in [-0.3, -0.25) is 24.8 Å². The molecule has 0 radical (unpaired) electrons. The van der Waals surface area contributed by atoms with Gasteiger partial charge < -0.3 is 19.5 Å². The molecule has 3 aliphatic rings. The lowest BCUT2D eigenvalue weighted by molar-refractivity contribution is -0.134. The van der Waals surface area contributed by atoms with Crippen LogP contribution in [0.5, 0.6) is 0 Å². The van der Waals surface area contributed by atoms with Gasteiger partial charge in [0.05, 0.1) is 45.8 Å². The minimum Gasteiger partial charge on any atom is -0.403 e. The predicted molar refractivity (Wildman–Crippen MR) is 194 cm³/mol. The van der Waals surface area contributed by atoms with Crippen LogP contribution in [-0.4, -0.2) is 98.9 Å². The van der Waals surface area contributed by atoms with E-state index >= 15 is 0 Å². The van der Waals surface area contributed by atoms with E-state index in [1.165, 1.54) is 0 Å². The largest absolute Gasteiger partial charge is 0.403 e. The molecule has 3 aliphatic heterocycles. The second-order valence-corrected chi connectivity index (χ2v) is 13.6. The number of piperidine rings is 2. The zero-order valence-corrected chi connectivity index (χ0v) is 29.0. The normalized spacial score (nSPS) is 18.8. The zero-order chi connectivity index (χ0) is 35.6. The fourth-order valence-corrected chi connectivity index (χ4v) is 7.44. The number of rotatable bonds is 9. The third-order valence-corrected chi connectivity index (χ3v) is 10.3. The third kappa shape index (κ3) is 6.76. The molecule has 15 heteroatoms. The van der Waals surface area contributed by atoms with Crippen LogP contribution in [0.2, 0.25) is 0 Å². The molecule has 0 bridgehead atoms. The molecule has 266 valence electrons. The summed E-state index contributed by atoms with van der Waals surface area (Å²) < 4.78 is 8.00.